The van der Waals surface area contributed by atoms with Crippen LogP contribution in [0.1, 0.15) is 24.0 Å². The highest BCUT2D eigenvalue weighted by Crippen LogP contribution is 2.19. The standard InChI is InChI=1S/C18H26N2O5S/c1-13-4-3-5-14(10-13)11-16(18(22)23)12-19-17(21)15-6-8-20(9-7-15)26(2,24)25/h3-5,10,15-16H,6-9,11-12H2,1-2H3,(H,19,21)(H,22,23). The van der Waals surface area contributed by atoms with Crippen LogP contribution in [0.15, 0.2) is 24.3 Å². The zero-order valence-corrected chi connectivity index (χ0v) is 16.0. The number of benzene rings is 1. The van der Waals surface area contributed by atoms with Crippen LogP contribution in [0.4, 0.5) is 0 Å². The third-order valence-electron chi connectivity index (χ3n) is 4.73. The van der Waals surface area contributed by atoms with Crippen LogP contribution in [0.25, 0.3) is 0 Å². The van der Waals surface area contributed by atoms with Gasteiger partial charge in [0.2, 0.25) is 15.9 Å². The Balaban J connectivity index is 1.87. The molecule has 1 heterocycles. The summed E-state index contributed by atoms with van der Waals surface area (Å²) in [6.07, 6.45) is 2.42. The molecule has 1 aliphatic heterocycles. The topological polar surface area (TPSA) is 104 Å². The number of hydrogen-bond acceptors (Lipinski definition) is 4. The van der Waals surface area contributed by atoms with Crippen LogP contribution in [0.5, 0.6) is 0 Å². The van der Waals surface area contributed by atoms with Gasteiger partial charge in [0.05, 0.1) is 12.2 Å². The van der Waals surface area contributed by atoms with Crippen molar-refractivity contribution in [2.75, 3.05) is 25.9 Å². The van der Waals surface area contributed by atoms with E-state index in [4.69, 9.17) is 0 Å². The predicted molar refractivity (Wildman–Crippen MR) is 98.2 cm³/mol. The molecule has 1 aliphatic rings. The minimum atomic E-state index is -3.23. The van der Waals surface area contributed by atoms with Crippen LogP contribution in [-0.2, 0) is 26.0 Å². The van der Waals surface area contributed by atoms with E-state index in [1.165, 1.54) is 4.31 Å². The number of nitrogens with zero attached hydrogens (tertiary/aromatic N) is 1. The average molecular weight is 382 g/mol. The van der Waals surface area contributed by atoms with Gasteiger partial charge in [-0.25, -0.2) is 12.7 Å². The number of carboxylic acids is 1. The molecule has 1 aromatic carbocycles. The minimum Gasteiger partial charge on any atom is -0.481 e. The molecule has 0 saturated carbocycles. The van der Waals surface area contributed by atoms with E-state index in [1.54, 1.807) is 0 Å². The van der Waals surface area contributed by atoms with Crippen LogP contribution in [-0.4, -0.2) is 55.6 Å². The molecule has 1 aromatic rings. The summed E-state index contributed by atoms with van der Waals surface area (Å²) >= 11 is 0. The van der Waals surface area contributed by atoms with E-state index in [2.05, 4.69) is 5.32 Å². The summed E-state index contributed by atoms with van der Waals surface area (Å²) in [6, 6.07) is 7.66. The molecule has 1 fully saturated rings. The van der Waals surface area contributed by atoms with Gasteiger partial charge in [0.15, 0.2) is 0 Å². The van der Waals surface area contributed by atoms with Gasteiger partial charge in [-0.15, -0.1) is 0 Å². The molecule has 1 atom stereocenters. The Morgan fingerprint density at radius 3 is 2.50 bits per heavy atom. The first-order valence-electron chi connectivity index (χ1n) is 8.68. The molecule has 0 bridgehead atoms. The van der Waals surface area contributed by atoms with Crippen LogP contribution >= 0.6 is 0 Å². The molecule has 8 heteroatoms. The largest absolute Gasteiger partial charge is 0.481 e. The first-order chi connectivity index (χ1) is 12.2. The molecule has 26 heavy (non-hydrogen) atoms. The van der Waals surface area contributed by atoms with E-state index in [0.717, 1.165) is 17.4 Å². The van der Waals surface area contributed by atoms with Crippen molar-refractivity contribution in [1.82, 2.24) is 9.62 Å². The van der Waals surface area contributed by atoms with Gasteiger partial charge in [-0.3, -0.25) is 9.59 Å². The Bertz CT molecular complexity index is 755. The Hall–Kier alpha value is -1.93. The first kappa shape index (κ1) is 20.4. The summed E-state index contributed by atoms with van der Waals surface area (Å²) in [5.41, 5.74) is 1.99. The third kappa shape index (κ3) is 5.81. The number of sulfonamides is 1. The number of aryl methyl sites for hydroxylation is 1. The first-order valence-corrected chi connectivity index (χ1v) is 10.5. The van der Waals surface area contributed by atoms with E-state index in [9.17, 15) is 23.1 Å². The van der Waals surface area contributed by atoms with E-state index >= 15 is 0 Å². The number of piperidine rings is 1. The summed E-state index contributed by atoms with van der Waals surface area (Å²) in [4.78, 5) is 23.8. The van der Waals surface area contributed by atoms with E-state index in [1.807, 2.05) is 31.2 Å². The van der Waals surface area contributed by atoms with Crippen molar-refractivity contribution >= 4 is 21.9 Å². The Morgan fingerprint density at radius 2 is 1.96 bits per heavy atom. The van der Waals surface area contributed by atoms with Crippen molar-refractivity contribution in [3.05, 3.63) is 35.4 Å². The minimum absolute atomic E-state index is 0.0639. The average Bonchev–Trinajstić information content (AvgIpc) is 2.57. The highest BCUT2D eigenvalue weighted by atomic mass is 32.2. The van der Waals surface area contributed by atoms with Gasteiger partial charge in [-0.2, -0.15) is 0 Å². The van der Waals surface area contributed by atoms with Gasteiger partial charge in [0, 0.05) is 25.6 Å². The maximum absolute atomic E-state index is 12.3. The second-order valence-corrected chi connectivity index (χ2v) is 8.89. The maximum atomic E-state index is 12.3. The Labute approximate surface area is 154 Å². The molecule has 7 nitrogen and oxygen atoms in total. The van der Waals surface area contributed by atoms with E-state index < -0.39 is 21.9 Å². The van der Waals surface area contributed by atoms with Crippen molar-refractivity contribution in [2.24, 2.45) is 11.8 Å². The van der Waals surface area contributed by atoms with Gasteiger partial charge in [0.1, 0.15) is 0 Å². The van der Waals surface area contributed by atoms with Gasteiger partial charge in [0.25, 0.3) is 0 Å². The van der Waals surface area contributed by atoms with Crippen LogP contribution in [0.3, 0.4) is 0 Å². The highest BCUT2D eigenvalue weighted by molar-refractivity contribution is 7.88. The maximum Gasteiger partial charge on any atom is 0.308 e. The number of rotatable bonds is 7. The molecule has 1 amide bonds. The fraction of sp³-hybridized carbons (Fsp3) is 0.556. The lowest BCUT2D eigenvalue weighted by molar-refractivity contribution is -0.141. The summed E-state index contributed by atoms with van der Waals surface area (Å²) in [7, 11) is -3.23. The lowest BCUT2D eigenvalue weighted by atomic mass is 9.95. The monoisotopic (exact) mass is 382 g/mol. The second-order valence-electron chi connectivity index (χ2n) is 6.91. The lowest BCUT2D eigenvalue weighted by Gasteiger charge is -2.29. The number of hydrogen-bond donors (Lipinski definition) is 2. The number of nitrogens with one attached hydrogen (secondary N) is 1. The zero-order valence-electron chi connectivity index (χ0n) is 15.1. The number of carbonyl (C=O) groups is 2. The molecular formula is C18H26N2O5S. The molecule has 2 rings (SSSR count). The summed E-state index contributed by atoms with van der Waals surface area (Å²) in [5, 5.41) is 12.2. The fourth-order valence-corrected chi connectivity index (χ4v) is 4.06. The van der Waals surface area contributed by atoms with Crippen molar-refractivity contribution in [1.29, 1.82) is 0 Å². The number of carbonyl (C=O) groups excluding carboxylic acids is 1. The molecule has 0 aromatic heterocycles. The van der Waals surface area contributed by atoms with Crippen molar-refractivity contribution < 1.29 is 23.1 Å². The van der Waals surface area contributed by atoms with Gasteiger partial charge < -0.3 is 10.4 Å². The Morgan fingerprint density at radius 1 is 1.31 bits per heavy atom. The van der Waals surface area contributed by atoms with E-state index in [-0.39, 0.29) is 18.4 Å². The van der Waals surface area contributed by atoms with Crippen molar-refractivity contribution in [3.8, 4) is 0 Å². The fourth-order valence-electron chi connectivity index (χ4n) is 3.19. The number of carboxylic acid groups (broad SMARTS) is 1. The van der Waals surface area contributed by atoms with Crippen molar-refractivity contribution in [3.63, 3.8) is 0 Å². The zero-order chi connectivity index (χ0) is 19.3. The van der Waals surface area contributed by atoms with E-state index in [0.29, 0.717) is 32.4 Å². The summed E-state index contributed by atoms with van der Waals surface area (Å²) < 4.78 is 24.4. The number of amides is 1. The normalized spacial score (nSPS) is 17.6. The van der Waals surface area contributed by atoms with Gasteiger partial charge >= 0.3 is 5.97 Å². The van der Waals surface area contributed by atoms with Gasteiger partial charge in [-0.05, 0) is 31.7 Å². The van der Waals surface area contributed by atoms with Crippen molar-refractivity contribution in [2.45, 2.75) is 26.2 Å². The third-order valence-corrected chi connectivity index (χ3v) is 6.03. The SMILES string of the molecule is Cc1cccc(CC(CNC(=O)C2CCN(S(C)(=O)=O)CC2)C(=O)O)c1. The molecule has 1 saturated heterocycles. The quantitative estimate of drug-likeness (QED) is 0.733. The van der Waals surface area contributed by atoms with Crippen LogP contribution in [0, 0.1) is 18.8 Å². The molecule has 0 spiro atoms. The second kappa shape index (κ2) is 8.64. The lowest BCUT2D eigenvalue weighted by Crippen LogP contribution is -2.44. The molecule has 0 aliphatic carbocycles. The smallest absolute Gasteiger partial charge is 0.308 e. The molecule has 0 radical (unpaired) electrons. The number of aliphatic carboxylic acids is 1. The molecule has 1 unspecified atom stereocenters. The Kier molecular flexibility index (Phi) is 6.77. The molecule has 144 valence electrons. The summed E-state index contributed by atoms with van der Waals surface area (Å²) in [6.45, 7) is 2.66. The summed E-state index contributed by atoms with van der Waals surface area (Å²) in [5.74, 6) is -2.12. The van der Waals surface area contributed by atoms with Crippen LogP contribution in [0.2, 0.25) is 0 Å². The van der Waals surface area contributed by atoms with Crippen LogP contribution < -0.4 is 5.32 Å². The van der Waals surface area contributed by atoms with Gasteiger partial charge in [-0.1, -0.05) is 29.8 Å². The molecule has 2 N–H and O–H groups in total. The molecular weight excluding hydrogens is 356 g/mol. The predicted octanol–water partition coefficient (Wildman–Crippen LogP) is 1.03. The highest BCUT2D eigenvalue weighted by Gasteiger charge is 2.29.